The summed E-state index contributed by atoms with van der Waals surface area (Å²) < 4.78 is 5.22. The highest BCUT2D eigenvalue weighted by Gasteiger charge is 2.10. The molecule has 0 amide bonds. The second-order valence-electron chi connectivity index (χ2n) is 6.70. The highest BCUT2D eigenvalue weighted by atomic mass is 16.5. The van der Waals surface area contributed by atoms with Gasteiger partial charge in [0.2, 0.25) is 0 Å². The van der Waals surface area contributed by atoms with E-state index in [0.717, 1.165) is 17.9 Å². The van der Waals surface area contributed by atoms with Gasteiger partial charge < -0.3 is 20.5 Å². The number of aryl methyl sites for hydroxylation is 1. The van der Waals surface area contributed by atoms with E-state index in [2.05, 4.69) is 53.7 Å². The summed E-state index contributed by atoms with van der Waals surface area (Å²) in [4.78, 5) is 4.67. The van der Waals surface area contributed by atoms with E-state index in [4.69, 9.17) is 4.74 Å². The number of rotatable bonds is 8. The number of aliphatic hydroxyl groups excluding tert-OH is 1. The van der Waals surface area contributed by atoms with Gasteiger partial charge in [0.15, 0.2) is 5.96 Å². The minimum Gasteiger partial charge on any atom is -0.497 e. The quantitative estimate of drug-likeness (QED) is 0.493. The Bertz CT molecular complexity index is 729. The molecule has 2 unspecified atom stereocenters. The van der Waals surface area contributed by atoms with Crippen LogP contribution in [0.2, 0.25) is 0 Å². The van der Waals surface area contributed by atoms with Crippen molar-refractivity contribution in [1.82, 2.24) is 10.6 Å². The molecule has 0 aliphatic carbocycles. The van der Waals surface area contributed by atoms with Crippen molar-refractivity contribution in [3.63, 3.8) is 0 Å². The molecule has 2 aromatic rings. The van der Waals surface area contributed by atoms with Crippen LogP contribution in [-0.2, 0) is 0 Å². The van der Waals surface area contributed by atoms with E-state index in [1.165, 1.54) is 11.1 Å². The van der Waals surface area contributed by atoms with Crippen LogP contribution in [0.5, 0.6) is 5.75 Å². The van der Waals surface area contributed by atoms with Crippen LogP contribution in [0.3, 0.4) is 0 Å². The van der Waals surface area contributed by atoms with Gasteiger partial charge in [-0.2, -0.15) is 0 Å². The molecular formula is C22H31N3O2. The third-order valence-corrected chi connectivity index (χ3v) is 4.46. The normalized spacial score (nSPS) is 13.7. The van der Waals surface area contributed by atoms with Gasteiger partial charge >= 0.3 is 0 Å². The molecule has 2 atom stereocenters. The van der Waals surface area contributed by atoms with Gasteiger partial charge in [-0.1, -0.05) is 48.9 Å². The number of hydrogen-bond acceptors (Lipinski definition) is 3. The Kier molecular flexibility index (Phi) is 8.14. The number of nitrogens with one attached hydrogen (secondary N) is 2. The van der Waals surface area contributed by atoms with Crippen molar-refractivity contribution in [1.29, 1.82) is 0 Å². The Morgan fingerprint density at radius 3 is 2.52 bits per heavy atom. The van der Waals surface area contributed by atoms with Gasteiger partial charge in [-0.3, -0.25) is 4.99 Å². The van der Waals surface area contributed by atoms with Crippen LogP contribution in [0.25, 0.3) is 0 Å². The van der Waals surface area contributed by atoms with Crippen LogP contribution < -0.4 is 15.4 Å². The summed E-state index contributed by atoms with van der Waals surface area (Å²) in [5, 5.41) is 16.9. The van der Waals surface area contributed by atoms with Crippen molar-refractivity contribution >= 4 is 5.96 Å². The lowest BCUT2D eigenvalue weighted by Crippen LogP contribution is -2.39. The first-order valence-electron chi connectivity index (χ1n) is 9.44. The first-order valence-corrected chi connectivity index (χ1v) is 9.44. The standard InChI is InChI=1S/C22H31N3O2/c1-5-23-22(24-14-17(3)18-11-9-16(2)10-12-18)25-15-21(26)19-7-6-8-20(13-19)27-4/h6-13,17,21,26H,5,14-15H2,1-4H3,(H2,23,24,25). The number of methoxy groups -OCH3 is 1. The number of benzene rings is 2. The number of ether oxygens (including phenoxy) is 1. The summed E-state index contributed by atoms with van der Waals surface area (Å²) in [5.41, 5.74) is 3.35. The summed E-state index contributed by atoms with van der Waals surface area (Å²) in [7, 11) is 1.62. The fourth-order valence-electron chi connectivity index (χ4n) is 2.73. The summed E-state index contributed by atoms with van der Waals surface area (Å²) in [6.07, 6.45) is -0.640. The predicted octanol–water partition coefficient (Wildman–Crippen LogP) is 3.40. The van der Waals surface area contributed by atoms with E-state index in [-0.39, 0.29) is 0 Å². The van der Waals surface area contributed by atoms with Crippen LogP contribution in [-0.4, -0.2) is 37.8 Å². The Labute approximate surface area is 162 Å². The van der Waals surface area contributed by atoms with Gasteiger partial charge in [0, 0.05) is 25.6 Å². The van der Waals surface area contributed by atoms with Crippen molar-refractivity contribution in [2.24, 2.45) is 4.99 Å². The van der Waals surface area contributed by atoms with Crippen molar-refractivity contribution in [2.45, 2.75) is 32.8 Å². The molecule has 0 aliphatic rings. The van der Waals surface area contributed by atoms with Crippen LogP contribution in [0.4, 0.5) is 0 Å². The van der Waals surface area contributed by atoms with Crippen molar-refractivity contribution in [2.75, 3.05) is 26.7 Å². The minimum absolute atomic E-state index is 0.323. The molecule has 2 aromatic carbocycles. The fourth-order valence-corrected chi connectivity index (χ4v) is 2.73. The zero-order valence-corrected chi connectivity index (χ0v) is 16.7. The summed E-state index contributed by atoms with van der Waals surface area (Å²) in [5.74, 6) is 1.77. The first kappa shape index (κ1) is 20.8. The van der Waals surface area contributed by atoms with Gasteiger partial charge in [0.05, 0.1) is 13.2 Å². The number of hydrogen-bond donors (Lipinski definition) is 3. The van der Waals surface area contributed by atoms with Crippen LogP contribution in [0.15, 0.2) is 53.5 Å². The lowest BCUT2D eigenvalue weighted by Gasteiger charge is -2.17. The van der Waals surface area contributed by atoms with Crippen molar-refractivity contribution < 1.29 is 9.84 Å². The molecule has 0 radical (unpaired) electrons. The van der Waals surface area contributed by atoms with E-state index in [9.17, 15) is 5.11 Å². The number of nitrogens with zero attached hydrogens (tertiary/aromatic N) is 1. The van der Waals surface area contributed by atoms with E-state index >= 15 is 0 Å². The molecule has 0 heterocycles. The Balaban J connectivity index is 1.95. The third kappa shape index (κ3) is 6.61. The van der Waals surface area contributed by atoms with Gasteiger partial charge in [0.25, 0.3) is 0 Å². The van der Waals surface area contributed by atoms with E-state index in [1.807, 2.05) is 31.2 Å². The largest absolute Gasteiger partial charge is 0.497 e. The average molecular weight is 370 g/mol. The van der Waals surface area contributed by atoms with Gasteiger partial charge in [-0.15, -0.1) is 0 Å². The van der Waals surface area contributed by atoms with E-state index < -0.39 is 6.10 Å². The van der Waals surface area contributed by atoms with E-state index in [0.29, 0.717) is 25.0 Å². The lowest BCUT2D eigenvalue weighted by molar-refractivity contribution is 0.180. The maximum atomic E-state index is 10.4. The number of aliphatic hydroxyl groups is 1. The summed E-state index contributed by atoms with van der Waals surface area (Å²) >= 11 is 0. The average Bonchev–Trinajstić information content (AvgIpc) is 2.70. The van der Waals surface area contributed by atoms with Gasteiger partial charge in [0.1, 0.15) is 5.75 Å². The second-order valence-corrected chi connectivity index (χ2v) is 6.70. The smallest absolute Gasteiger partial charge is 0.191 e. The summed E-state index contributed by atoms with van der Waals surface area (Å²) in [6.45, 7) is 8.10. The molecule has 3 N–H and O–H groups in total. The SMILES string of the molecule is CCNC(=NCC(C)c1ccc(C)cc1)NCC(O)c1cccc(OC)c1. The molecule has 0 aromatic heterocycles. The first-order chi connectivity index (χ1) is 13.0. The number of aliphatic imine (C=N–C) groups is 1. The Hall–Kier alpha value is -2.53. The maximum Gasteiger partial charge on any atom is 0.191 e. The molecule has 5 heteroatoms. The molecule has 0 saturated heterocycles. The summed E-state index contributed by atoms with van der Waals surface area (Å²) in [6, 6.07) is 16.0. The Morgan fingerprint density at radius 1 is 1.11 bits per heavy atom. The molecule has 2 rings (SSSR count). The second kappa shape index (κ2) is 10.6. The van der Waals surface area contributed by atoms with Crippen LogP contribution in [0, 0.1) is 6.92 Å². The predicted molar refractivity (Wildman–Crippen MR) is 112 cm³/mol. The molecule has 0 fully saturated rings. The molecule has 0 saturated carbocycles. The Morgan fingerprint density at radius 2 is 1.85 bits per heavy atom. The molecule has 27 heavy (non-hydrogen) atoms. The van der Waals surface area contributed by atoms with E-state index in [1.54, 1.807) is 7.11 Å². The molecule has 5 nitrogen and oxygen atoms in total. The minimum atomic E-state index is -0.640. The lowest BCUT2D eigenvalue weighted by atomic mass is 10.0. The molecule has 0 aliphatic heterocycles. The molecule has 0 bridgehead atoms. The van der Waals surface area contributed by atoms with Crippen LogP contribution >= 0.6 is 0 Å². The molecular weight excluding hydrogens is 338 g/mol. The topological polar surface area (TPSA) is 65.9 Å². The van der Waals surface area contributed by atoms with Crippen molar-refractivity contribution in [3.05, 3.63) is 65.2 Å². The third-order valence-electron chi connectivity index (χ3n) is 4.46. The zero-order valence-electron chi connectivity index (χ0n) is 16.7. The van der Waals surface area contributed by atoms with Gasteiger partial charge in [-0.25, -0.2) is 0 Å². The fraction of sp³-hybridized carbons (Fsp3) is 0.409. The highest BCUT2D eigenvalue weighted by Crippen LogP contribution is 2.19. The monoisotopic (exact) mass is 369 g/mol. The number of guanidine groups is 1. The molecule has 0 spiro atoms. The zero-order chi connectivity index (χ0) is 19.6. The van der Waals surface area contributed by atoms with Crippen LogP contribution in [0.1, 0.15) is 42.6 Å². The highest BCUT2D eigenvalue weighted by molar-refractivity contribution is 5.79. The van der Waals surface area contributed by atoms with Gasteiger partial charge in [-0.05, 0) is 37.1 Å². The van der Waals surface area contributed by atoms with Crippen molar-refractivity contribution in [3.8, 4) is 5.75 Å². The molecule has 146 valence electrons. The maximum absolute atomic E-state index is 10.4.